The summed E-state index contributed by atoms with van der Waals surface area (Å²) in [5.74, 6) is 0.882. The van der Waals surface area contributed by atoms with Gasteiger partial charge in [0.05, 0.1) is 5.02 Å². The molecule has 0 N–H and O–H groups in total. The molecule has 88 valence electrons. The van der Waals surface area contributed by atoms with E-state index < -0.39 is 0 Å². The first-order chi connectivity index (χ1) is 8.06. The van der Waals surface area contributed by atoms with Gasteiger partial charge < -0.3 is 4.74 Å². The molecule has 0 spiro atoms. The van der Waals surface area contributed by atoms with Crippen molar-refractivity contribution in [3.8, 4) is 11.6 Å². The van der Waals surface area contributed by atoms with Gasteiger partial charge in [0.2, 0.25) is 5.88 Å². The van der Waals surface area contributed by atoms with E-state index >= 15 is 0 Å². The topological polar surface area (TPSA) is 22.1 Å². The van der Waals surface area contributed by atoms with E-state index in [9.17, 15) is 0 Å². The predicted molar refractivity (Wildman–Crippen MR) is 78.5 cm³/mol. The van der Waals surface area contributed by atoms with Crippen molar-refractivity contribution in [2.24, 2.45) is 0 Å². The Hall–Kier alpha value is -0.230. The summed E-state index contributed by atoms with van der Waals surface area (Å²) >= 11 is 19.7. The zero-order chi connectivity index (χ0) is 12.4. The van der Waals surface area contributed by atoms with Crippen LogP contribution in [0.4, 0.5) is 0 Å². The Labute approximate surface area is 127 Å². The maximum absolute atomic E-state index is 5.96. The molecule has 0 saturated heterocycles. The van der Waals surface area contributed by atoms with Crippen molar-refractivity contribution in [2.75, 3.05) is 0 Å². The highest BCUT2D eigenvalue weighted by Gasteiger charge is 2.10. The van der Waals surface area contributed by atoms with Crippen LogP contribution in [0.5, 0.6) is 11.6 Å². The summed E-state index contributed by atoms with van der Waals surface area (Å²) in [4.78, 5) is 3.97. The number of hydrogen-bond acceptors (Lipinski definition) is 2. The third-order valence-corrected chi connectivity index (χ3v) is 3.48. The van der Waals surface area contributed by atoms with E-state index in [1.165, 1.54) is 6.07 Å². The predicted octanol–water partition coefficient (Wildman–Crippen LogP) is 5.44. The van der Waals surface area contributed by atoms with Gasteiger partial charge in [0.25, 0.3) is 0 Å². The van der Waals surface area contributed by atoms with Gasteiger partial charge >= 0.3 is 0 Å². The van der Waals surface area contributed by atoms with Gasteiger partial charge in [0.1, 0.15) is 10.8 Å². The maximum Gasteiger partial charge on any atom is 0.239 e. The number of nitrogens with zero attached hydrogens (tertiary/aromatic N) is 1. The lowest BCUT2D eigenvalue weighted by atomic mass is 10.3. The van der Waals surface area contributed by atoms with E-state index in [0.29, 0.717) is 15.8 Å². The van der Waals surface area contributed by atoms with Gasteiger partial charge in [-0.15, -0.1) is 0 Å². The quantitative estimate of drug-likeness (QED) is 0.495. The fraction of sp³-hybridized carbons (Fsp3) is 0. The van der Waals surface area contributed by atoms with Gasteiger partial charge in [-0.2, -0.15) is 4.98 Å². The molecule has 2 aromatic rings. The molecule has 0 aliphatic heterocycles. The van der Waals surface area contributed by atoms with Crippen molar-refractivity contribution in [1.29, 1.82) is 0 Å². The van der Waals surface area contributed by atoms with E-state index in [-0.39, 0.29) is 11.0 Å². The van der Waals surface area contributed by atoms with Gasteiger partial charge in [-0.3, -0.25) is 0 Å². The molecular weight excluding hydrogens is 395 g/mol. The molecule has 0 bridgehead atoms. The molecule has 0 amide bonds. The van der Waals surface area contributed by atoms with Crippen molar-refractivity contribution < 1.29 is 4.74 Å². The van der Waals surface area contributed by atoms with Gasteiger partial charge in [0.15, 0.2) is 5.15 Å². The van der Waals surface area contributed by atoms with Crippen molar-refractivity contribution in [2.45, 2.75) is 0 Å². The minimum Gasteiger partial charge on any atom is -0.437 e. The molecule has 6 heteroatoms. The van der Waals surface area contributed by atoms with E-state index in [1.54, 1.807) is 0 Å². The Bertz CT molecular complexity index is 562. The minimum absolute atomic E-state index is 0.164. The fourth-order valence-corrected chi connectivity index (χ4v) is 2.19. The Kier molecular flexibility index (Phi) is 4.36. The molecule has 2 nitrogen and oxygen atoms in total. The van der Waals surface area contributed by atoms with Gasteiger partial charge in [0, 0.05) is 3.57 Å². The Morgan fingerprint density at radius 1 is 1.06 bits per heavy atom. The van der Waals surface area contributed by atoms with Crippen LogP contribution < -0.4 is 4.74 Å². The normalized spacial score (nSPS) is 10.4. The molecule has 1 heterocycles. The van der Waals surface area contributed by atoms with Crippen LogP contribution in [0, 0.1) is 3.57 Å². The molecule has 0 fully saturated rings. The lowest BCUT2D eigenvalue weighted by molar-refractivity contribution is 0.463. The monoisotopic (exact) mass is 399 g/mol. The van der Waals surface area contributed by atoms with Gasteiger partial charge in [-0.05, 0) is 46.9 Å². The van der Waals surface area contributed by atoms with Crippen molar-refractivity contribution in [3.63, 3.8) is 0 Å². The smallest absolute Gasteiger partial charge is 0.239 e. The van der Waals surface area contributed by atoms with Crippen LogP contribution in [-0.4, -0.2) is 4.98 Å². The van der Waals surface area contributed by atoms with Crippen LogP contribution in [0.15, 0.2) is 30.3 Å². The molecule has 0 radical (unpaired) electrons. The van der Waals surface area contributed by atoms with E-state index in [0.717, 1.165) is 3.57 Å². The van der Waals surface area contributed by atoms with Crippen LogP contribution in [0.2, 0.25) is 15.2 Å². The van der Waals surface area contributed by atoms with Crippen LogP contribution in [0.25, 0.3) is 0 Å². The summed E-state index contributed by atoms with van der Waals surface area (Å²) in [6.07, 6.45) is 0. The van der Waals surface area contributed by atoms with Crippen LogP contribution in [-0.2, 0) is 0 Å². The number of ether oxygens (including phenoxy) is 1. The highest BCUT2D eigenvalue weighted by Crippen LogP contribution is 2.33. The second kappa shape index (κ2) is 5.61. The van der Waals surface area contributed by atoms with Gasteiger partial charge in [-0.25, -0.2) is 0 Å². The average Bonchev–Trinajstić information content (AvgIpc) is 2.26. The average molecular weight is 400 g/mol. The van der Waals surface area contributed by atoms with Crippen LogP contribution >= 0.6 is 57.4 Å². The zero-order valence-electron chi connectivity index (χ0n) is 8.25. The molecule has 0 aliphatic carbocycles. The summed E-state index contributed by atoms with van der Waals surface area (Å²) in [5.41, 5.74) is 0. The van der Waals surface area contributed by atoms with E-state index in [1.807, 2.05) is 24.3 Å². The number of halogens is 4. The number of pyridine rings is 1. The Morgan fingerprint density at radius 3 is 2.53 bits per heavy atom. The first kappa shape index (κ1) is 13.2. The van der Waals surface area contributed by atoms with Crippen molar-refractivity contribution in [1.82, 2.24) is 4.98 Å². The molecular formula is C11H5Cl3INO. The van der Waals surface area contributed by atoms with Crippen molar-refractivity contribution >= 4 is 57.4 Å². The summed E-state index contributed by atoms with van der Waals surface area (Å²) in [5, 5.41) is 0.779. The zero-order valence-corrected chi connectivity index (χ0v) is 12.7. The lowest BCUT2D eigenvalue weighted by Crippen LogP contribution is -1.90. The molecule has 1 aromatic heterocycles. The third kappa shape index (κ3) is 3.37. The molecule has 17 heavy (non-hydrogen) atoms. The number of aromatic nitrogens is 1. The first-order valence-corrected chi connectivity index (χ1v) is 6.72. The minimum atomic E-state index is 0.164. The molecule has 0 unspecified atom stereocenters. The maximum atomic E-state index is 5.96. The SMILES string of the molecule is Clc1cc(Cl)c(Oc2cccc(I)c2)nc1Cl. The summed E-state index contributed by atoms with van der Waals surface area (Å²) in [7, 11) is 0. The third-order valence-electron chi connectivity index (χ3n) is 1.87. The summed E-state index contributed by atoms with van der Waals surface area (Å²) < 4.78 is 6.59. The molecule has 2 rings (SSSR count). The highest BCUT2D eigenvalue weighted by molar-refractivity contribution is 14.1. The molecule has 0 aliphatic rings. The summed E-state index contributed by atoms with van der Waals surface area (Å²) in [6, 6.07) is 9.01. The molecule has 0 saturated carbocycles. The lowest BCUT2D eigenvalue weighted by Gasteiger charge is -2.07. The summed E-state index contributed by atoms with van der Waals surface area (Å²) in [6.45, 7) is 0. The molecule has 0 atom stereocenters. The second-order valence-corrected chi connectivity index (χ2v) is 5.53. The highest BCUT2D eigenvalue weighted by atomic mass is 127. The Balaban J connectivity index is 2.33. The van der Waals surface area contributed by atoms with E-state index in [2.05, 4.69) is 27.6 Å². The fourth-order valence-electron chi connectivity index (χ4n) is 1.14. The first-order valence-electron chi connectivity index (χ1n) is 4.51. The standard InChI is InChI=1S/C11H5Cl3INO/c12-8-5-9(13)11(16-10(8)14)17-7-3-1-2-6(15)4-7/h1-5H. The number of rotatable bonds is 2. The molecule has 1 aromatic carbocycles. The largest absolute Gasteiger partial charge is 0.437 e. The number of hydrogen-bond donors (Lipinski definition) is 0. The van der Waals surface area contributed by atoms with E-state index in [4.69, 9.17) is 39.5 Å². The van der Waals surface area contributed by atoms with Crippen LogP contribution in [0.1, 0.15) is 0 Å². The Morgan fingerprint density at radius 2 is 1.82 bits per heavy atom. The van der Waals surface area contributed by atoms with Gasteiger partial charge in [-0.1, -0.05) is 40.9 Å². The van der Waals surface area contributed by atoms with Crippen LogP contribution in [0.3, 0.4) is 0 Å². The second-order valence-electron chi connectivity index (χ2n) is 3.11. The number of benzene rings is 1. The van der Waals surface area contributed by atoms with Crippen molar-refractivity contribution in [3.05, 3.63) is 49.1 Å².